The summed E-state index contributed by atoms with van der Waals surface area (Å²) in [4.78, 5) is 25.0. The second kappa shape index (κ2) is 9.10. The molecular formula is C23H21FN4O4S. The monoisotopic (exact) mass is 468 g/mol. The van der Waals surface area contributed by atoms with Crippen molar-refractivity contribution in [3.63, 3.8) is 0 Å². The van der Waals surface area contributed by atoms with E-state index in [1.165, 1.54) is 44.5 Å². The minimum absolute atomic E-state index is 0.00432. The van der Waals surface area contributed by atoms with E-state index in [-0.39, 0.29) is 10.7 Å². The van der Waals surface area contributed by atoms with Crippen LogP contribution in [0.25, 0.3) is 11.0 Å². The lowest BCUT2D eigenvalue weighted by atomic mass is 10.1. The quantitative estimate of drug-likeness (QED) is 0.402. The zero-order chi connectivity index (χ0) is 23.6. The second-order valence-electron chi connectivity index (χ2n) is 7.26. The Morgan fingerprint density at radius 3 is 2.55 bits per heavy atom. The van der Waals surface area contributed by atoms with Gasteiger partial charge in [0.1, 0.15) is 11.6 Å². The van der Waals surface area contributed by atoms with Gasteiger partial charge in [-0.15, -0.1) is 0 Å². The Morgan fingerprint density at radius 2 is 1.85 bits per heavy atom. The average molecular weight is 469 g/mol. The summed E-state index contributed by atoms with van der Waals surface area (Å²) in [6.07, 6.45) is 0.316. The SMILES string of the molecule is CON(C)S(=O)(=O)c1ccc(C(=O)Nc2ccc3nc(Cc4ccccc4F)[nH]c3c2)cc1. The Hall–Kier alpha value is -3.60. The molecule has 0 atom stereocenters. The molecule has 33 heavy (non-hydrogen) atoms. The van der Waals surface area contributed by atoms with Crippen molar-refractivity contribution >= 4 is 32.7 Å². The fourth-order valence-corrected chi connectivity index (χ4v) is 4.25. The van der Waals surface area contributed by atoms with Crippen LogP contribution in [-0.2, 0) is 21.3 Å². The number of carbonyl (C=O) groups is 1. The number of carbonyl (C=O) groups excluding carboxylic acids is 1. The van der Waals surface area contributed by atoms with E-state index in [0.717, 1.165) is 4.47 Å². The number of nitrogens with zero attached hydrogens (tertiary/aromatic N) is 2. The Balaban J connectivity index is 1.49. The number of sulfonamides is 1. The van der Waals surface area contributed by atoms with E-state index in [2.05, 4.69) is 15.3 Å². The highest BCUT2D eigenvalue weighted by Gasteiger charge is 2.21. The topological polar surface area (TPSA) is 104 Å². The van der Waals surface area contributed by atoms with Crippen LogP contribution in [0, 0.1) is 5.82 Å². The molecule has 170 valence electrons. The Bertz CT molecular complexity index is 1420. The number of aromatic nitrogens is 2. The highest BCUT2D eigenvalue weighted by molar-refractivity contribution is 7.89. The lowest BCUT2D eigenvalue weighted by Gasteiger charge is -2.14. The number of benzene rings is 3. The predicted octanol–water partition coefficient (Wildman–Crippen LogP) is 3.73. The highest BCUT2D eigenvalue weighted by atomic mass is 32.2. The standard InChI is InChI=1S/C23H21FN4O4S/c1-28(32-2)33(30,31)18-10-7-15(8-11-18)23(29)25-17-9-12-20-21(14-17)27-22(26-20)13-16-5-3-4-6-19(16)24/h3-12,14H,13H2,1-2H3,(H,25,29)(H,26,27). The summed E-state index contributed by atoms with van der Waals surface area (Å²) >= 11 is 0. The van der Waals surface area contributed by atoms with Gasteiger partial charge in [0.05, 0.1) is 23.0 Å². The van der Waals surface area contributed by atoms with Gasteiger partial charge in [-0.05, 0) is 54.1 Å². The maximum Gasteiger partial charge on any atom is 0.264 e. The van der Waals surface area contributed by atoms with E-state index >= 15 is 0 Å². The molecule has 0 spiro atoms. The minimum Gasteiger partial charge on any atom is -0.342 e. The average Bonchev–Trinajstić information content (AvgIpc) is 3.21. The number of hydrogen-bond acceptors (Lipinski definition) is 5. The molecule has 0 radical (unpaired) electrons. The third-order valence-corrected chi connectivity index (χ3v) is 6.81. The zero-order valence-corrected chi connectivity index (χ0v) is 18.7. The number of anilines is 1. The van der Waals surface area contributed by atoms with Crippen LogP contribution < -0.4 is 5.32 Å². The fourth-order valence-electron chi connectivity index (χ4n) is 3.27. The summed E-state index contributed by atoms with van der Waals surface area (Å²) in [5, 5.41) is 2.78. The first-order valence-corrected chi connectivity index (χ1v) is 11.4. The van der Waals surface area contributed by atoms with Crippen LogP contribution in [0.5, 0.6) is 0 Å². The number of aromatic amines is 1. The van der Waals surface area contributed by atoms with Crippen LogP contribution in [0.3, 0.4) is 0 Å². The first kappa shape index (κ1) is 22.6. The minimum atomic E-state index is -3.79. The smallest absolute Gasteiger partial charge is 0.264 e. The van der Waals surface area contributed by atoms with E-state index in [0.29, 0.717) is 40.1 Å². The number of amides is 1. The molecule has 0 aliphatic heterocycles. The Morgan fingerprint density at radius 1 is 1.12 bits per heavy atom. The van der Waals surface area contributed by atoms with Crippen molar-refractivity contribution < 1.29 is 22.4 Å². The lowest BCUT2D eigenvalue weighted by Crippen LogP contribution is -2.25. The van der Waals surface area contributed by atoms with Crippen molar-refractivity contribution in [2.24, 2.45) is 0 Å². The molecule has 0 saturated carbocycles. The van der Waals surface area contributed by atoms with Crippen LogP contribution in [0.4, 0.5) is 10.1 Å². The fraction of sp³-hybridized carbons (Fsp3) is 0.130. The van der Waals surface area contributed by atoms with E-state index in [4.69, 9.17) is 4.84 Å². The van der Waals surface area contributed by atoms with Crippen molar-refractivity contribution in [2.75, 3.05) is 19.5 Å². The summed E-state index contributed by atoms with van der Waals surface area (Å²) in [5.74, 6) is -0.0838. The number of rotatable bonds is 7. The molecule has 1 aromatic heterocycles. The zero-order valence-electron chi connectivity index (χ0n) is 17.9. The molecule has 0 aliphatic carbocycles. The molecule has 10 heteroatoms. The summed E-state index contributed by atoms with van der Waals surface area (Å²) < 4.78 is 39.2. The molecule has 1 heterocycles. The normalized spacial score (nSPS) is 11.8. The third-order valence-electron chi connectivity index (χ3n) is 5.11. The number of fused-ring (bicyclic) bond motifs is 1. The van der Waals surface area contributed by atoms with Crippen LogP contribution >= 0.6 is 0 Å². The molecule has 0 bridgehead atoms. The van der Waals surface area contributed by atoms with Crippen molar-refractivity contribution in [3.05, 3.63) is 89.5 Å². The summed E-state index contributed by atoms with van der Waals surface area (Å²) in [6.45, 7) is 0. The second-order valence-corrected chi connectivity index (χ2v) is 9.20. The molecule has 0 aliphatic rings. The molecule has 4 aromatic rings. The summed E-state index contributed by atoms with van der Waals surface area (Å²) in [5.41, 5.74) is 2.75. The largest absolute Gasteiger partial charge is 0.342 e. The highest BCUT2D eigenvalue weighted by Crippen LogP contribution is 2.21. The van der Waals surface area contributed by atoms with Crippen molar-refractivity contribution in [1.82, 2.24) is 14.4 Å². The number of H-pyrrole nitrogens is 1. The summed E-state index contributed by atoms with van der Waals surface area (Å²) in [7, 11) is -1.26. The van der Waals surface area contributed by atoms with E-state index < -0.39 is 15.9 Å². The summed E-state index contributed by atoms with van der Waals surface area (Å²) in [6, 6.07) is 17.2. The van der Waals surface area contributed by atoms with Gasteiger partial charge in [0.15, 0.2) is 0 Å². The van der Waals surface area contributed by atoms with Crippen LogP contribution in [0.2, 0.25) is 0 Å². The van der Waals surface area contributed by atoms with Gasteiger partial charge in [-0.1, -0.05) is 22.7 Å². The number of imidazole rings is 1. The molecule has 0 fully saturated rings. The van der Waals surface area contributed by atoms with Gasteiger partial charge in [0.25, 0.3) is 15.9 Å². The third kappa shape index (κ3) is 4.77. The Kier molecular flexibility index (Phi) is 6.23. The van der Waals surface area contributed by atoms with Gasteiger partial charge in [-0.25, -0.2) is 17.8 Å². The van der Waals surface area contributed by atoms with Gasteiger partial charge >= 0.3 is 0 Å². The van der Waals surface area contributed by atoms with Crippen LogP contribution in [-0.4, -0.2) is 42.9 Å². The van der Waals surface area contributed by atoms with E-state index in [1.54, 1.807) is 36.4 Å². The molecule has 4 rings (SSSR count). The number of nitrogens with one attached hydrogen (secondary N) is 2. The number of halogens is 1. The van der Waals surface area contributed by atoms with Gasteiger partial charge in [-0.2, -0.15) is 0 Å². The van der Waals surface area contributed by atoms with Crippen molar-refractivity contribution in [2.45, 2.75) is 11.3 Å². The van der Waals surface area contributed by atoms with Crippen molar-refractivity contribution in [3.8, 4) is 0 Å². The lowest BCUT2D eigenvalue weighted by molar-refractivity contribution is -0.0258. The van der Waals surface area contributed by atoms with Crippen LogP contribution in [0.15, 0.2) is 71.6 Å². The molecule has 3 aromatic carbocycles. The Labute approximate surface area is 190 Å². The molecule has 8 nitrogen and oxygen atoms in total. The van der Waals surface area contributed by atoms with Crippen molar-refractivity contribution in [1.29, 1.82) is 0 Å². The predicted molar refractivity (Wildman–Crippen MR) is 122 cm³/mol. The van der Waals surface area contributed by atoms with Gasteiger partial charge in [0.2, 0.25) is 0 Å². The molecule has 0 saturated heterocycles. The van der Waals surface area contributed by atoms with Gasteiger partial charge < -0.3 is 10.3 Å². The van der Waals surface area contributed by atoms with Gasteiger partial charge in [0, 0.05) is 24.7 Å². The number of hydrogen-bond donors (Lipinski definition) is 2. The first-order chi connectivity index (χ1) is 15.8. The molecule has 1 amide bonds. The maximum absolute atomic E-state index is 13.9. The molecular weight excluding hydrogens is 447 g/mol. The van der Waals surface area contributed by atoms with Gasteiger partial charge in [-0.3, -0.25) is 9.63 Å². The number of hydroxylamine groups is 1. The first-order valence-electron chi connectivity index (χ1n) is 9.94. The molecule has 0 unspecified atom stereocenters. The van der Waals surface area contributed by atoms with E-state index in [9.17, 15) is 17.6 Å². The van der Waals surface area contributed by atoms with Crippen LogP contribution in [0.1, 0.15) is 21.7 Å². The maximum atomic E-state index is 13.9. The van der Waals surface area contributed by atoms with E-state index in [1.807, 2.05) is 0 Å². The molecule has 2 N–H and O–H groups in total.